The third-order valence-corrected chi connectivity index (χ3v) is 5.26. The van der Waals surface area contributed by atoms with Crippen molar-refractivity contribution in [3.05, 3.63) is 18.2 Å². The largest absolute Gasteiger partial charge is 0.396 e. The number of imidazole rings is 1. The Morgan fingerprint density at radius 3 is 2.95 bits per heavy atom. The number of amides is 1. The number of piperidine rings is 1. The highest BCUT2D eigenvalue weighted by atomic mass is 16.3. The van der Waals surface area contributed by atoms with Crippen LogP contribution in [-0.4, -0.2) is 45.2 Å². The number of hydrogen-bond acceptors (Lipinski definition) is 3. The van der Waals surface area contributed by atoms with Gasteiger partial charge in [-0.15, -0.1) is 0 Å². The maximum Gasteiger partial charge on any atom is 0.224 e. The predicted octanol–water partition coefficient (Wildman–Crippen LogP) is 1.98. The van der Waals surface area contributed by atoms with E-state index in [2.05, 4.69) is 4.98 Å². The second-order valence-electron chi connectivity index (χ2n) is 7.14. The smallest absolute Gasteiger partial charge is 0.224 e. The molecule has 2 heterocycles. The summed E-state index contributed by atoms with van der Waals surface area (Å²) in [5, 5.41) is 9.88. The van der Waals surface area contributed by atoms with Crippen LogP contribution in [0.25, 0.3) is 0 Å². The molecule has 1 aliphatic heterocycles. The molecule has 1 N–H and O–H groups in total. The Balaban J connectivity index is 1.56. The summed E-state index contributed by atoms with van der Waals surface area (Å²) < 4.78 is 2.02. The maximum atomic E-state index is 12.5. The van der Waals surface area contributed by atoms with Gasteiger partial charge in [0.1, 0.15) is 5.82 Å². The average Bonchev–Trinajstić information content (AvgIpc) is 3.24. The van der Waals surface area contributed by atoms with Crippen LogP contribution in [0.4, 0.5) is 0 Å². The van der Waals surface area contributed by atoms with Crippen LogP contribution < -0.4 is 0 Å². The molecule has 22 heavy (non-hydrogen) atoms. The first kappa shape index (κ1) is 15.5. The van der Waals surface area contributed by atoms with Crippen LogP contribution in [0.2, 0.25) is 0 Å². The number of rotatable bonds is 6. The van der Waals surface area contributed by atoms with Gasteiger partial charge in [0.15, 0.2) is 0 Å². The van der Waals surface area contributed by atoms with Gasteiger partial charge in [0.25, 0.3) is 0 Å². The molecule has 0 radical (unpaired) electrons. The van der Waals surface area contributed by atoms with Crippen LogP contribution in [0.3, 0.4) is 0 Å². The van der Waals surface area contributed by atoms with E-state index in [1.807, 2.05) is 22.6 Å². The molecule has 0 bridgehead atoms. The first-order valence-electron chi connectivity index (χ1n) is 8.48. The van der Waals surface area contributed by atoms with Gasteiger partial charge in [0.05, 0.1) is 6.61 Å². The second kappa shape index (κ2) is 6.41. The van der Waals surface area contributed by atoms with Crippen molar-refractivity contribution in [1.82, 2.24) is 14.5 Å². The van der Waals surface area contributed by atoms with Crippen molar-refractivity contribution in [1.29, 1.82) is 0 Å². The fraction of sp³-hybridized carbons (Fsp3) is 0.765. The zero-order chi connectivity index (χ0) is 15.6. The lowest BCUT2D eigenvalue weighted by Crippen LogP contribution is -2.48. The number of likely N-dealkylation sites (tertiary alicyclic amines) is 1. The summed E-state index contributed by atoms with van der Waals surface area (Å²) in [7, 11) is 0. The molecule has 1 aliphatic carbocycles. The molecule has 1 aromatic rings. The molecule has 0 aromatic carbocycles. The molecule has 1 aromatic heterocycles. The van der Waals surface area contributed by atoms with Gasteiger partial charge in [-0.1, -0.05) is 12.8 Å². The molecule has 1 saturated heterocycles. The topological polar surface area (TPSA) is 58.4 Å². The third-order valence-electron chi connectivity index (χ3n) is 5.26. The van der Waals surface area contributed by atoms with Gasteiger partial charge >= 0.3 is 0 Å². The molecule has 3 rings (SSSR count). The summed E-state index contributed by atoms with van der Waals surface area (Å²) in [6.07, 6.45) is 9.98. The first-order chi connectivity index (χ1) is 10.6. The minimum Gasteiger partial charge on any atom is -0.396 e. The molecule has 2 aliphatic rings. The molecular weight excluding hydrogens is 278 g/mol. The zero-order valence-electron chi connectivity index (χ0n) is 13.5. The molecule has 1 atom stereocenters. The number of aryl methyl sites for hydroxylation is 2. The van der Waals surface area contributed by atoms with Crippen LogP contribution in [0, 0.1) is 18.3 Å². The van der Waals surface area contributed by atoms with E-state index in [4.69, 9.17) is 0 Å². The molecule has 5 heteroatoms. The lowest BCUT2D eigenvalue weighted by atomic mass is 9.76. The highest BCUT2D eigenvalue weighted by molar-refractivity contribution is 5.76. The van der Waals surface area contributed by atoms with Gasteiger partial charge < -0.3 is 14.6 Å². The summed E-state index contributed by atoms with van der Waals surface area (Å²) in [6, 6.07) is 0. The Morgan fingerprint density at radius 2 is 2.32 bits per heavy atom. The number of carbonyl (C=O) groups excluding carboxylic acids is 1. The fourth-order valence-corrected chi connectivity index (χ4v) is 3.73. The molecule has 0 unspecified atom stereocenters. The Bertz CT molecular complexity index is 524. The van der Waals surface area contributed by atoms with Crippen LogP contribution >= 0.6 is 0 Å². The van der Waals surface area contributed by atoms with Gasteiger partial charge in [-0.25, -0.2) is 4.98 Å². The molecule has 5 nitrogen and oxygen atoms in total. The van der Waals surface area contributed by atoms with E-state index in [1.54, 1.807) is 6.20 Å². The number of hydrogen-bond donors (Lipinski definition) is 1. The zero-order valence-corrected chi connectivity index (χ0v) is 13.5. The SMILES string of the molecule is Cc1nccn1CCC(=O)N1CCC[C@@](CO)(CC2CC2)C1. The minimum atomic E-state index is -0.0417. The van der Waals surface area contributed by atoms with Gasteiger partial charge in [-0.3, -0.25) is 4.79 Å². The lowest BCUT2D eigenvalue weighted by Gasteiger charge is -2.42. The number of aliphatic hydroxyl groups excluding tert-OH is 1. The molecule has 1 amide bonds. The highest BCUT2D eigenvalue weighted by Gasteiger charge is 2.40. The van der Waals surface area contributed by atoms with Gasteiger partial charge in [-0.2, -0.15) is 0 Å². The van der Waals surface area contributed by atoms with E-state index in [0.29, 0.717) is 13.0 Å². The van der Waals surface area contributed by atoms with Crippen molar-refractivity contribution in [2.45, 2.75) is 52.0 Å². The van der Waals surface area contributed by atoms with Crippen molar-refractivity contribution >= 4 is 5.91 Å². The summed E-state index contributed by atoms with van der Waals surface area (Å²) in [5.41, 5.74) is -0.0417. The normalized spacial score (nSPS) is 25.5. The predicted molar refractivity (Wildman–Crippen MR) is 84.3 cm³/mol. The Morgan fingerprint density at radius 1 is 1.50 bits per heavy atom. The van der Waals surface area contributed by atoms with Gasteiger partial charge in [-0.05, 0) is 32.1 Å². The molecular formula is C17H27N3O2. The van der Waals surface area contributed by atoms with Crippen LogP contribution in [0.15, 0.2) is 12.4 Å². The van der Waals surface area contributed by atoms with Crippen molar-refractivity contribution in [2.24, 2.45) is 11.3 Å². The Labute approximate surface area is 132 Å². The third kappa shape index (κ3) is 3.51. The van der Waals surface area contributed by atoms with Crippen LogP contribution in [0.5, 0.6) is 0 Å². The maximum absolute atomic E-state index is 12.5. The van der Waals surface area contributed by atoms with Gasteiger partial charge in [0, 0.05) is 43.9 Å². The van der Waals surface area contributed by atoms with Crippen LogP contribution in [-0.2, 0) is 11.3 Å². The second-order valence-corrected chi connectivity index (χ2v) is 7.14. The first-order valence-corrected chi connectivity index (χ1v) is 8.48. The number of aromatic nitrogens is 2. The number of carbonyl (C=O) groups is 1. The quantitative estimate of drug-likeness (QED) is 0.874. The number of nitrogens with zero attached hydrogens (tertiary/aromatic N) is 3. The standard InChI is InChI=1S/C17H27N3O2/c1-14-18-7-10-19(14)9-5-16(22)20-8-2-6-17(12-20,13-21)11-15-3-4-15/h7,10,15,21H,2-6,8-9,11-13H2,1H3/t17-/m1/s1. The monoisotopic (exact) mass is 305 g/mol. The summed E-state index contributed by atoms with van der Waals surface area (Å²) >= 11 is 0. The van der Waals surface area contributed by atoms with E-state index < -0.39 is 0 Å². The summed E-state index contributed by atoms with van der Waals surface area (Å²) in [5.74, 6) is 1.95. The molecule has 1 saturated carbocycles. The summed E-state index contributed by atoms with van der Waals surface area (Å²) in [6.45, 7) is 4.44. The molecule has 2 fully saturated rings. The van der Waals surface area contributed by atoms with Crippen molar-refractivity contribution < 1.29 is 9.90 Å². The average molecular weight is 305 g/mol. The van der Waals surface area contributed by atoms with Gasteiger partial charge in [0.2, 0.25) is 5.91 Å². The summed E-state index contributed by atoms with van der Waals surface area (Å²) in [4.78, 5) is 18.7. The molecule has 0 spiro atoms. The fourth-order valence-electron chi connectivity index (χ4n) is 3.73. The minimum absolute atomic E-state index is 0.0417. The number of aliphatic hydroxyl groups is 1. The van der Waals surface area contributed by atoms with E-state index in [0.717, 1.165) is 44.1 Å². The van der Waals surface area contributed by atoms with E-state index in [1.165, 1.54) is 12.8 Å². The van der Waals surface area contributed by atoms with Crippen molar-refractivity contribution in [3.63, 3.8) is 0 Å². The van der Waals surface area contributed by atoms with E-state index in [-0.39, 0.29) is 17.9 Å². The highest BCUT2D eigenvalue weighted by Crippen LogP contribution is 2.44. The van der Waals surface area contributed by atoms with Crippen molar-refractivity contribution in [2.75, 3.05) is 19.7 Å². The van der Waals surface area contributed by atoms with E-state index >= 15 is 0 Å². The van der Waals surface area contributed by atoms with Crippen LogP contribution in [0.1, 0.15) is 44.3 Å². The van der Waals surface area contributed by atoms with E-state index in [9.17, 15) is 9.90 Å². The Hall–Kier alpha value is -1.36. The Kier molecular flexibility index (Phi) is 4.52. The lowest BCUT2D eigenvalue weighted by molar-refractivity contribution is -0.136. The van der Waals surface area contributed by atoms with Crippen molar-refractivity contribution in [3.8, 4) is 0 Å². The molecule has 122 valence electrons.